The van der Waals surface area contributed by atoms with Crippen molar-refractivity contribution < 1.29 is 37.1 Å². The summed E-state index contributed by atoms with van der Waals surface area (Å²) in [5.41, 5.74) is 0.163. The molecule has 0 radical (unpaired) electrons. The minimum Gasteiger partial charge on any atom is -0.463 e. The first-order valence-electron chi connectivity index (χ1n) is 8.38. The molecule has 0 saturated heterocycles. The molecule has 1 aromatic heterocycles. The standard InChI is InChI=1S/C17H25O8P/c1-6-21-16(18)11-15(26(20,23-8-3)24-9-4)14-10-13(12(5)25-14)17(19)22-7-2/h10-11H,6-9H2,1-5H3. The molecule has 0 amide bonds. The molecule has 0 aliphatic heterocycles. The predicted molar refractivity (Wildman–Crippen MR) is 94.9 cm³/mol. The van der Waals surface area contributed by atoms with Gasteiger partial charge in [0.2, 0.25) is 0 Å². The zero-order valence-corrected chi connectivity index (χ0v) is 16.6. The van der Waals surface area contributed by atoms with Gasteiger partial charge in [0, 0.05) is 6.08 Å². The number of carbonyl (C=O) groups is 2. The highest BCUT2D eigenvalue weighted by Crippen LogP contribution is 2.60. The highest BCUT2D eigenvalue weighted by Gasteiger charge is 2.35. The average molecular weight is 388 g/mol. The van der Waals surface area contributed by atoms with Crippen LogP contribution in [-0.2, 0) is 27.9 Å². The number of ether oxygens (including phenoxy) is 2. The third-order valence-corrected chi connectivity index (χ3v) is 5.24. The first kappa shape index (κ1) is 22.2. The van der Waals surface area contributed by atoms with Gasteiger partial charge in [0.15, 0.2) is 0 Å². The number of aryl methyl sites for hydroxylation is 1. The summed E-state index contributed by atoms with van der Waals surface area (Å²) in [6.45, 7) is 8.68. The predicted octanol–water partition coefficient (Wildman–Crippen LogP) is 3.93. The Morgan fingerprint density at radius 1 is 1.04 bits per heavy atom. The van der Waals surface area contributed by atoms with Crippen molar-refractivity contribution in [1.82, 2.24) is 0 Å². The van der Waals surface area contributed by atoms with Crippen molar-refractivity contribution >= 4 is 24.8 Å². The number of rotatable bonds is 10. The van der Waals surface area contributed by atoms with E-state index < -0.39 is 19.5 Å². The summed E-state index contributed by atoms with van der Waals surface area (Å²) in [5, 5.41) is -0.113. The number of carbonyl (C=O) groups excluding carboxylic acids is 2. The van der Waals surface area contributed by atoms with Crippen LogP contribution in [0.5, 0.6) is 0 Å². The summed E-state index contributed by atoms with van der Waals surface area (Å²) in [5.74, 6) is -1.04. The van der Waals surface area contributed by atoms with Crippen molar-refractivity contribution in [2.24, 2.45) is 0 Å². The second kappa shape index (κ2) is 10.3. The lowest BCUT2D eigenvalue weighted by molar-refractivity contribution is -0.137. The van der Waals surface area contributed by atoms with Crippen LogP contribution in [-0.4, -0.2) is 38.4 Å². The quantitative estimate of drug-likeness (QED) is 0.337. The summed E-state index contributed by atoms with van der Waals surface area (Å²) in [6, 6.07) is 1.35. The molecule has 0 N–H and O–H groups in total. The topological polar surface area (TPSA) is 101 Å². The highest BCUT2D eigenvalue weighted by atomic mass is 31.2. The summed E-state index contributed by atoms with van der Waals surface area (Å²) >= 11 is 0. The summed E-state index contributed by atoms with van der Waals surface area (Å²) in [7, 11) is -3.87. The van der Waals surface area contributed by atoms with Crippen molar-refractivity contribution in [3.8, 4) is 0 Å². The maximum Gasteiger partial charge on any atom is 0.365 e. The van der Waals surface area contributed by atoms with E-state index in [4.69, 9.17) is 22.9 Å². The minimum atomic E-state index is -3.87. The fourth-order valence-corrected chi connectivity index (χ4v) is 3.79. The SMILES string of the molecule is CCOC(=O)C=C(c1cc(C(=O)OCC)c(C)o1)P(=O)(OCC)OCC. The van der Waals surface area contributed by atoms with E-state index >= 15 is 0 Å². The van der Waals surface area contributed by atoms with Crippen molar-refractivity contribution in [2.75, 3.05) is 26.4 Å². The molecule has 26 heavy (non-hydrogen) atoms. The van der Waals surface area contributed by atoms with Crippen molar-refractivity contribution in [2.45, 2.75) is 34.6 Å². The minimum absolute atomic E-state index is 0.0174. The molecule has 0 aliphatic rings. The smallest absolute Gasteiger partial charge is 0.365 e. The van der Waals surface area contributed by atoms with Crippen molar-refractivity contribution in [1.29, 1.82) is 0 Å². The van der Waals surface area contributed by atoms with E-state index in [2.05, 4.69) is 0 Å². The van der Waals surface area contributed by atoms with Gasteiger partial charge in [-0.3, -0.25) is 4.57 Å². The molecule has 1 rings (SSSR count). The fraction of sp³-hybridized carbons (Fsp3) is 0.529. The Balaban J connectivity index is 3.46. The molecule has 0 bridgehead atoms. The van der Waals surface area contributed by atoms with E-state index in [1.807, 2.05) is 0 Å². The normalized spacial score (nSPS) is 12.1. The van der Waals surface area contributed by atoms with E-state index in [1.165, 1.54) is 6.07 Å². The van der Waals surface area contributed by atoms with Crippen molar-refractivity contribution in [3.05, 3.63) is 29.2 Å². The van der Waals surface area contributed by atoms with E-state index in [9.17, 15) is 14.2 Å². The van der Waals surface area contributed by atoms with Crippen LogP contribution in [0.3, 0.4) is 0 Å². The zero-order valence-electron chi connectivity index (χ0n) is 15.7. The fourth-order valence-electron chi connectivity index (χ4n) is 2.12. The van der Waals surface area contributed by atoms with Gasteiger partial charge in [-0.1, -0.05) is 0 Å². The van der Waals surface area contributed by atoms with Gasteiger partial charge in [0.25, 0.3) is 0 Å². The largest absolute Gasteiger partial charge is 0.463 e. The van der Waals surface area contributed by atoms with Gasteiger partial charge in [-0.15, -0.1) is 0 Å². The Labute approximate surface area is 153 Å². The van der Waals surface area contributed by atoms with Crippen molar-refractivity contribution in [3.63, 3.8) is 0 Å². The van der Waals surface area contributed by atoms with Crippen LogP contribution in [0.25, 0.3) is 5.31 Å². The molecule has 0 atom stereocenters. The van der Waals surface area contributed by atoms with Crippen LogP contribution in [0, 0.1) is 6.92 Å². The maximum absolute atomic E-state index is 13.2. The van der Waals surface area contributed by atoms with Crippen LogP contribution in [0.15, 0.2) is 16.6 Å². The molecule has 0 saturated carbocycles. The van der Waals surface area contributed by atoms with Crippen LogP contribution >= 0.6 is 7.60 Å². The molecule has 1 aromatic rings. The maximum atomic E-state index is 13.2. The Kier molecular flexibility index (Phi) is 8.78. The lowest BCUT2D eigenvalue weighted by Gasteiger charge is -2.18. The molecule has 9 heteroatoms. The first-order valence-corrected chi connectivity index (χ1v) is 9.93. The molecule has 0 unspecified atom stereocenters. The number of hydrogen-bond acceptors (Lipinski definition) is 8. The van der Waals surface area contributed by atoms with Crippen LogP contribution in [0.2, 0.25) is 0 Å². The molecule has 0 aliphatic carbocycles. The number of furan rings is 1. The van der Waals surface area contributed by atoms with Crippen LogP contribution < -0.4 is 0 Å². The van der Waals surface area contributed by atoms with Gasteiger partial charge in [0.1, 0.15) is 22.4 Å². The Morgan fingerprint density at radius 3 is 2.12 bits per heavy atom. The third kappa shape index (κ3) is 5.56. The molecular weight excluding hydrogens is 363 g/mol. The second-order valence-electron chi connectivity index (χ2n) is 4.92. The zero-order chi connectivity index (χ0) is 19.7. The number of esters is 2. The van der Waals surface area contributed by atoms with Crippen LogP contribution in [0.4, 0.5) is 0 Å². The summed E-state index contributed by atoms with van der Waals surface area (Å²) in [4.78, 5) is 23.9. The Morgan fingerprint density at radius 2 is 1.62 bits per heavy atom. The Bertz CT molecular complexity index is 694. The first-order chi connectivity index (χ1) is 12.3. The second-order valence-corrected chi connectivity index (χ2v) is 6.91. The lowest BCUT2D eigenvalue weighted by atomic mass is 10.2. The molecule has 8 nitrogen and oxygen atoms in total. The number of hydrogen-bond donors (Lipinski definition) is 0. The third-order valence-electron chi connectivity index (χ3n) is 3.10. The average Bonchev–Trinajstić information content (AvgIpc) is 2.95. The summed E-state index contributed by atoms with van der Waals surface area (Å²) < 4.78 is 39.2. The van der Waals surface area contributed by atoms with Gasteiger partial charge in [-0.05, 0) is 40.7 Å². The van der Waals surface area contributed by atoms with E-state index in [1.54, 1.807) is 34.6 Å². The molecule has 1 heterocycles. The van der Waals surface area contributed by atoms with E-state index in [0.29, 0.717) is 0 Å². The van der Waals surface area contributed by atoms with Gasteiger partial charge in [-0.2, -0.15) is 0 Å². The summed E-state index contributed by atoms with van der Waals surface area (Å²) in [6.07, 6.45) is 1.00. The molecule has 0 aromatic carbocycles. The van der Waals surface area contributed by atoms with Gasteiger partial charge >= 0.3 is 19.5 Å². The monoisotopic (exact) mass is 388 g/mol. The van der Waals surface area contributed by atoms with Gasteiger partial charge in [-0.25, -0.2) is 9.59 Å². The molecular formula is C17H25O8P. The molecule has 0 spiro atoms. The lowest BCUT2D eigenvalue weighted by Crippen LogP contribution is -2.05. The Hall–Kier alpha value is -1.89. The van der Waals surface area contributed by atoms with Crippen LogP contribution in [0.1, 0.15) is 49.6 Å². The van der Waals surface area contributed by atoms with E-state index in [0.717, 1.165) is 6.08 Å². The van der Waals surface area contributed by atoms with Gasteiger partial charge in [0.05, 0.1) is 26.4 Å². The molecule has 146 valence electrons. The molecule has 0 fully saturated rings. The van der Waals surface area contributed by atoms with E-state index in [-0.39, 0.29) is 48.8 Å². The van der Waals surface area contributed by atoms with Gasteiger partial charge < -0.3 is 22.9 Å². The highest BCUT2D eigenvalue weighted by molar-refractivity contribution is 7.65.